The number of ether oxygens (including phenoxy) is 1. The number of pyridine rings is 1. The molecule has 1 N–H and O–H groups in total. The Morgan fingerprint density at radius 3 is 2.95 bits per heavy atom. The summed E-state index contributed by atoms with van der Waals surface area (Å²) in [6, 6.07) is 10.5. The average molecular weight is 279 g/mol. The number of fused-ring (bicyclic) bond motifs is 1. The largest absolute Gasteiger partial charge is 0.383 e. The summed E-state index contributed by atoms with van der Waals surface area (Å²) in [5.74, 6) is 0.637. The summed E-state index contributed by atoms with van der Waals surface area (Å²) in [6.45, 7) is 1.48. The number of aromatic nitrogens is 1. The van der Waals surface area contributed by atoms with Crippen LogP contribution in [0.4, 0.5) is 0 Å². The number of alkyl halides is 1. The Morgan fingerprint density at radius 2 is 2.16 bits per heavy atom. The van der Waals surface area contributed by atoms with Gasteiger partial charge in [0.15, 0.2) is 0 Å². The molecule has 0 saturated heterocycles. The third-order valence-electron chi connectivity index (χ3n) is 3.15. The van der Waals surface area contributed by atoms with Crippen molar-refractivity contribution in [2.75, 3.05) is 19.6 Å². The van der Waals surface area contributed by atoms with E-state index in [1.54, 1.807) is 7.11 Å². The van der Waals surface area contributed by atoms with Gasteiger partial charge < -0.3 is 10.1 Å². The van der Waals surface area contributed by atoms with Gasteiger partial charge in [-0.1, -0.05) is 18.2 Å². The maximum Gasteiger partial charge on any atom is 0.0705 e. The van der Waals surface area contributed by atoms with Crippen LogP contribution in [0.1, 0.15) is 12.0 Å². The average Bonchev–Trinajstić information content (AvgIpc) is 2.45. The zero-order valence-electron chi connectivity index (χ0n) is 11.1. The SMILES string of the molecule is COCC(CCCl)NCc1ccnc2ccccc12. The van der Waals surface area contributed by atoms with Crippen molar-refractivity contribution in [2.45, 2.75) is 19.0 Å². The number of nitrogens with one attached hydrogen (secondary N) is 1. The molecule has 0 fully saturated rings. The summed E-state index contributed by atoms with van der Waals surface area (Å²) in [5.41, 5.74) is 2.28. The molecule has 0 saturated carbocycles. The Kier molecular flexibility index (Phi) is 5.58. The van der Waals surface area contributed by atoms with Crippen molar-refractivity contribution in [1.82, 2.24) is 10.3 Å². The first-order chi connectivity index (χ1) is 9.35. The third-order valence-corrected chi connectivity index (χ3v) is 3.36. The lowest BCUT2D eigenvalue weighted by Crippen LogP contribution is -2.33. The first kappa shape index (κ1) is 14.3. The maximum atomic E-state index is 5.80. The van der Waals surface area contributed by atoms with Crippen molar-refractivity contribution < 1.29 is 4.74 Å². The molecule has 0 amide bonds. The number of para-hydroxylation sites is 1. The molecule has 2 rings (SSSR count). The smallest absolute Gasteiger partial charge is 0.0705 e. The molecular weight excluding hydrogens is 260 g/mol. The van der Waals surface area contributed by atoms with E-state index in [0.717, 1.165) is 18.5 Å². The van der Waals surface area contributed by atoms with Gasteiger partial charge in [0.2, 0.25) is 0 Å². The highest BCUT2D eigenvalue weighted by Crippen LogP contribution is 2.16. The van der Waals surface area contributed by atoms with E-state index in [4.69, 9.17) is 16.3 Å². The standard InChI is InChI=1S/C15H19ClN2O/c1-19-11-13(6-8-16)18-10-12-7-9-17-15-5-3-2-4-14(12)15/h2-5,7,9,13,18H,6,8,10-11H2,1H3. The zero-order valence-corrected chi connectivity index (χ0v) is 11.9. The minimum absolute atomic E-state index is 0.287. The number of methoxy groups -OCH3 is 1. The van der Waals surface area contributed by atoms with Crippen molar-refractivity contribution in [3.05, 3.63) is 42.1 Å². The molecule has 3 nitrogen and oxygen atoms in total. The van der Waals surface area contributed by atoms with Crippen LogP contribution in [0.3, 0.4) is 0 Å². The van der Waals surface area contributed by atoms with Gasteiger partial charge in [-0.2, -0.15) is 0 Å². The molecule has 1 aromatic carbocycles. The molecule has 0 aliphatic carbocycles. The van der Waals surface area contributed by atoms with Crippen LogP contribution in [-0.2, 0) is 11.3 Å². The highest BCUT2D eigenvalue weighted by atomic mass is 35.5. The summed E-state index contributed by atoms with van der Waals surface area (Å²) < 4.78 is 5.20. The van der Waals surface area contributed by atoms with E-state index in [1.165, 1.54) is 10.9 Å². The van der Waals surface area contributed by atoms with Gasteiger partial charge in [0, 0.05) is 37.2 Å². The Bertz CT molecular complexity index is 507. The van der Waals surface area contributed by atoms with Gasteiger partial charge in [0.25, 0.3) is 0 Å². The molecule has 4 heteroatoms. The van der Waals surface area contributed by atoms with Crippen LogP contribution in [-0.4, -0.2) is 30.6 Å². The van der Waals surface area contributed by atoms with Crippen LogP contribution < -0.4 is 5.32 Å². The lowest BCUT2D eigenvalue weighted by Gasteiger charge is -2.17. The number of benzene rings is 1. The Labute approximate surface area is 118 Å². The molecular formula is C15H19ClN2O. The third kappa shape index (κ3) is 3.90. The second-order valence-corrected chi connectivity index (χ2v) is 4.88. The minimum Gasteiger partial charge on any atom is -0.383 e. The molecule has 1 unspecified atom stereocenters. The van der Waals surface area contributed by atoms with Crippen molar-refractivity contribution in [1.29, 1.82) is 0 Å². The second kappa shape index (κ2) is 7.43. The normalized spacial score (nSPS) is 12.7. The number of rotatable bonds is 7. The number of hydrogen-bond donors (Lipinski definition) is 1. The van der Waals surface area contributed by atoms with Crippen LogP contribution in [0.5, 0.6) is 0 Å². The summed E-state index contributed by atoms with van der Waals surface area (Å²) in [5, 5.41) is 4.69. The fraction of sp³-hybridized carbons (Fsp3) is 0.400. The first-order valence-electron chi connectivity index (χ1n) is 6.46. The molecule has 1 heterocycles. The molecule has 19 heavy (non-hydrogen) atoms. The van der Waals surface area contributed by atoms with Gasteiger partial charge in [-0.3, -0.25) is 4.98 Å². The van der Waals surface area contributed by atoms with E-state index in [0.29, 0.717) is 12.5 Å². The molecule has 0 aliphatic heterocycles. The Balaban J connectivity index is 2.08. The second-order valence-electron chi connectivity index (χ2n) is 4.50. The summed E-state index contributed by atoms with van der Waals surface area (Å²) in [6.07, 6.45) is 2.75. The van der Waals surface area contributed by atoms with Crippen molar-refractivity contribution in [2.24, 2.45) is 0 Å². The quantitative estimate of drug-likeness (QED) is 0.791. The molecule has 1 aromatic heterocycles. The summed E-state index contributed by atoms with van der Waals surface area (Å²) >= 11 is 5.80. The van der Waals surface area contributed by atoms with Crippen molar-refractivity contribution >= 4 is 22.5 Å². The molecule has 0 bridgehead atoms. The highest BCUT2D eigenvalue weighted by Gasteiger charge is 2.08. The fourth-order valence-electron chi connectivity index (χ4n) is 2.14. The Morgan fingerprint density at radius 1 is 1.32 bits per heavy atom. The molecule has 0 spiro atoms. The van der Waals surface area contributed by atoms with Crippen molar-refractivity contribution in [3.63, 3.8) is 0 Å². The van der Waals surface area contributed by atoms with E-state index < -0.39 is 0 Å². The number of halogens is 1. The lowest BCUT2D eigenvalue weighted by atomic mass is 10.1. The monoisotopic (exact) mass is 278 g/mol. The molecule has 102 valence electrons. The van der Waals surface area contributed by atoms with Crippen LogP contribution in [0.25, 0.3) is 10.9 Å². The first-order valence-corrected chi connectivity index (χ1v) is 6.99. The van der Waals surface area contributed by atoms with Gasteiger partial charge in [0.1, 0.15) is 0 Å². The Hall–Kier alpha value is -1.16. The molecule has 1 atom stereocenters. The van der Waals surface area contributed by atoms with Crippen LogP contribution in [0.15, 0.2) is 36.5 Å². The molecule has 0 aliphatic rings. The van der Waals surface area contributed by atoms with Gasteiger partial charge in [-0.15, -0.1) is 11.6 Å². The van der Waals surface area contributed by atoms with Crippen LogP contribution in [0.2, 0.25) is 0 Å². The van der Waals surface area contributed by atoms with E-state index in [2.05, 4.69) is 22.4 Å². The van der Waals surface area contributed by atoms with Crippen LogP contribution in [0, 0.1) is 0 Å². The number of hydrogen-bond acceptors (Lipinski definition) is 3. The number of nitrogens with zero attached hydrogens (tertiary/aromatic N) is 1. The van der Waals surface area contributed by atoms with Gasteiger partial charge in [0.05, 0.1) is 12.1 Å². The topological polar surface area (TPSA) is 34.1 Å². The van der Waals surface area contributed by atoms with E-state index in [1.807, 2.05) is 24.4 Å². The summed E-state index contributed by atoms with van der Waals surface area (Å²) in [7, 11) is 1.71. The highest BCUT2D eigenvalue weighted by molar-refractivity contribution is 6.17. The van der Waals surface area contributed by atoms with Gasteiger partial charge in [-0.05, 0) is 24.1 Å². The summed E-state index contributed by atoms with van der Waals surface area (Å²) in [4.78, 5) is 4.37. The lowest BCUT2D eigenvalue weighted by molar-refractivity contribution is 0.164. The maximum absolute atomic E-state index is 5.80. The minimum atomic E-state index is 0.287. The predicted molar refractivity (Wildman–Crippen MR) is 79.6 cm³/mol. The van der Waals surface area contributed by atoms with E-state index in [-0.39, 0.29) is 6.04 Å². The fourth-order valence-corrected chi connectivity index (χ4v) is 2.40. The predicted octanol–water partition coefficient (Wildman–Crippen LogP) is 2.97. The van der Waals surface area contributed by atoms with E-state index in [9.17, 15) is 0 Å². The van der Waals surface area contributed by atoms with Gasteiger partial charge >= 0.3 is 0 Å². The zero-order chi connectivity index (χ0) is 13.5. The van der Waals surface area contributed by atoms with Crippen molar-refractivity contribution in [3.8, 4) is 0 Å². The van der Waals surface area contributed by atoms with Gasteiger partial charge in [-0.25, -0.2) is 0 Å². The molecule has 0 radical (unpaired) electrons. The van der Waals surface area contributed by atoms with Crippen LogP contribution >= 0.6 is 11.6 Å². The molecule has 2 aromatic rings. The van der Waals surface area contributed by atoms with E-state index >= 15 is 0 Å².